The van der Waals surface area contributed by atoms with Gasteiger partial charge in [0.05, 0.1) is 11.8 Å². The van der Waals surface area contributed by atoms with Gasteiger partial charge in [0, 0.05) is 13.1 Å². The first-order valence-corrected chi connectivity index (χ1v) is 7.51. The second-order valence-corrected chi connectivity index (χ2v) is 6.38. The molecule has 2 aliphatic heterocycles. The molecule has 3 fully saturated rings. The quantitative estimate of drug-likeness (QED) is 0.559. The summed E-state index contributed by atoms with van der Waals surface area (Å²) in [6.45, 7) is 3.70. The van der Waals surface area contributed by atoms with E-state index in [9.17, 15) is 9.59 Å². The molecule has 0 aromatic carbocycles. The largest absolute Gasteiger partial charge is 0.302 e. The number of hydrogen-bond acceptors (Lipinski definition) is 3. The van der Waals surface area contributed by atoms with Crippen LogP contribution in [0.25, 0.3) is 0 Å². The Balaban J connectivity index is 1.46. The highest BCUT2D eigenvalue weighted by molar-refractivity contribution is 6.06. The average Bonchev–Trinajstić information content (AvgIpc) is 3.14. The predicted molar refractivity (Wildman–Crippen MR) is 70.1 cm³/mol. The summed E-state index contributed by atoms with van der Waals surface area (Å²) < 4.78 is 0. The van der Waals surface area contributed by atoms with Crippen LogP contribution < -0.4 is 0 Å². The first kappa shape index (κ1) is 11.6. The zero-order valence-electron chi connectivity index (χ0n) is 11.1. The Morgan fingerprint density at radius 2 is 1.53 bits per heavy atom. The van der Waals surface area contributed by atoms with Gasteiger partial charge in [-0.2, -0.15) is 0 Å². The number of nitrogens with zero attached hydrogens (tertiary/aromatic N) is 2. The van der Waals surface area contributed by atoms with E-state index in [1.807, 2.05) is 0 Å². The average molecular weight is 260 g/mol. The zero-order chi connectivity index (χ0) is 13.0. The minimum Gasteiger partial charge on any atom is -0.302 e. The zero-order valence-corrected chi connectivity index (χ0v) is 11.1. The Bertz CT molecular complexity index is 423. The van der Waals surface area contributed by atoms with Crippen LogP contribution >= 0.6 is 0 Å². The van der Waals surface area contributed by atoms with Crippen molar-refractivity contribution in [2.75, 3.05) is 26.2 Å². The Hall–Kier alpha value is -1.16. The number of rotatable bonds is 3. The highest BCUT2D eigenvalue weighted by Crippen LogP contribution is 2.52. The van der Waals surface area contributed by atoms with Crippen molar-refractivity contribution in [3.05, 3.63) is 12.2 Å². The molecule has 2 bridgehead atoms. The monoisotopic (exact) mass is 260 g/mol. The number of allylic oxidation sites excluding steroid dienone is 2. The van der Waals surface area contributed by atoms with Gasteiger partial charge in [-0.05, 0) is 44.2 Å². The fraction of sp³-hybridized carbons (Fsp3) is 0.733. The molecule has 2 amide bonds. The van der Waals surface area contributed by atoms with Crippen LogP contribution in [0.4, 0.5) is 0 Å². The summed E-state index contributed by atoms with van der Waals surface area (Å²) >= 11 is 0. The summed E-state index contributed by atoms with van der Waals surface area (Å²) in [6, 6.07) is 0. The molecule has 2 aliphatic carbocycles. The van der Waals surface area contributed by atoms with Gasteiger partial charge < -0.3 is 4.90 Å². The SMILES string of the molecule is O=C1[C@@H]2[C@@H](C(=O)N1CCN1CCCC1)[C@@H]1C=C[C@@H]2C1. The van der Waals surface area contributed by atoms with E-state index < -0.39 is 0 Å². The number of imide groups is 1. The van der Waals surface area contributed by atoms with Crippen LogP contribution in [0.5, 0.6) is 0 Å². The van der Waals surface area contributed by atoms with E-state index >= 15 is 0 Å². The predicted octanol–water partition coefficient (Wildman–Crippen LogP) is 0.889. The van der Waals surface area contributed by atoms with Crippen molar-refractivity contribution in [2.45, 2.75) is 19.3 Å². The molecule has 0 aromatic heterocycles. The van der Waals surface area contributed by atoms with E-state index in [-0.39, 0.29) is 23.7 Å². The number of carbonyl (C=O) groups is 2. The maximum absolute atomic E-state index is 12.4. The lowest BCUT2D eigenvalue weighted by atomic mass is 9.85. The van der Waals surface area contributed by atoms with Crippen molar-refractivity contribution >= 4 is 11.8 Å². The third-order valence-corrected chi connectivity index (χ3v) is 5.40. The Morgan fingerprint density at radius 3 is 2.11 bits per heavy atom. The molecule has 0 N–H and O–H groups in total. The Morgan fingerprint density at radius 1 is 0.947 bits per heavy atom. The second kappa shape index (κ2) is 4.17. The molecule has 4 nitrogen and oxygen atoms in total. The smallest absolute Gasteiger partial charge is 0.233 e. The molecular weight excluding hydrogens is 240 g/mol. The van der Waals surface area contributed by atoms with Gasteiger partial charge in [-0.25, -0.2) is 0 Å². The van der Waals surface area contributed by atoms with Crippen molar-refractivity contribution in [3.63, 3.8) is 0 Å². The molecule has 4 heteroatoms. The Labute approximate surface area is 113 Å². The minimum absolute atomic E-state index is 0.0268. The number of hydrogen-bond donors (Lipinski definition) is 0. The molecule has 0 radical (unpaired) electrons. The van der Waals surface area contributed by atoms with Crippen LogP contribution in [0.1, 0.15) is 19.3 Å². The number of fused-ring (bicyclic) bond motifs is 5. The molecule has 4 atom stereocenters. The number of amides is 2. The van der Waals surface area contributed by atoms with Gasteiger partial charge in [0.25, 0.3) is 0 Å². The second-order valence-electron chi connectivity index (χ2n) is 6.38. The summed E-state index contributed by atoms with van der Waals surface area (Å²) in [4.78, 5) is 28.8. The summed E-state index contributed by atoms with van der Waals surface area (Å²) in [5.41, 5.74) is 0. The first-order valence-electron chi connectivity index (χ1n) is 7.51. The van der Waals surface area contributed by atoms with E-state index in [1.165, 1.54) is 12.8 Å². The molecular formula is C15H20N2O2. The van der Waals surface area contributed by atoms with Gasteiger partial charge >= 0.3 is 0 Å². The summed E-state index contributed by atoms with van der Waals surface area (Å²) in [6.07, 6.45) is 7.83. The molecule has 4 rings (SSSR count). The van der Waals surface area contributed by atoms with Crippen LogP contribution in [-0.2, 0) is 9.59 Å². The normalized spacial score (nSPS) is 40.7. The molecule has 2 heterocycles. The van der Waals surface area contributed by atoms with Gasteiger partial charge in [0.15, 0.2) is 0 Å². The van der Waals surface area contributed by atoms with E-state index in [0.29, 0.717) is 18.4 Å². The molecule has 19 heavy (non-hydrogen) atoms. The highest BCUT2D eigenvalue weighted by Gasteiger charge is 2.58. The summed E-state index contributed by atoms with van der Waals surface area (Å²) in [5.74, 6) is 0.825. The van der Waals surface area contributed by atoms with Gasteiger partial charge in [0.1, 0.15) is 0 Å². The van der Waals surface area contributed by atoms with Crippen molar-refractivity contribution in [2.24, 2.45) is 23.7 Å². The van der Waals surface area contributed by atoms with Gasteiger partial charge in [-0.1, -0.05) is 12.2 Å². The Kier molecular flexibility index (Phi) is 2.56. The van der Waals surface area contributed by atoms with Crippen LogP contribution in [0.3, 0.4) is 0 Å². The third kappa shape index (κ3) is 1.62. The highest BCUT2D eigenvalue weighted by atomic mass is 16.2. The molecule has 1 saturated carbocycles. The van der Waals surface area contributed by atoms with Crippen LogP contribution in [0.15, 0.2) is 12.2 Å². The van der Waals surface area contributed by atoms with Crippen molar-refractivity contribution in [1.29, 1.82) is 0 Å². The van der Waals surface area contributed by atoms with Crippen molar-refractivity contribution in [3.8, 4) is 0 Å². The van der Waals surface area contributed by atoms with Gasteiger partial charge in [-0.3, -0.25) is 14.5 Å². The van der Waals surface area contributed by atoms with Crippen molar-refractivity contribution in [1.82, 2.24) is 9.80 Å². The molecule has 4 aliphatic rings. The summed E-state index contributed by atoms with van der Waals surface area (Å²) in [5, 5.41) is 0. The molecule has 102 valence electrons. The summed E-state index contributed by atoms with van der Waals surface area (Å²) in [7, 11) is 0. The number of carbonyl (C=O) groups excluding carboxylic acids is 2. The topological polar surface area (TPSA) is 40.6 Å². The van der Waals surface area contributed by atoms with E-state index in [0.717, 1.165) is 26.1 Å². The molecule has 2 saturated heterocycles. The van der Waals surface area contributed by atoms with Crippen LogP contribution in [0, 0.1) is 23.7 Å². The van der Waals surface area contributed by atoms with Gasteiger partial charge in [0.2, 0.25) is 11.8 Å². The lowest BCUT2D eigenvalue weighted by Crippen LogP contribution is -2.39. The minimum atomic E-state index is -0.0268. The maximum atomic E-state index is 12.4. The van der Waals surface area contributed by atoms with E-state index in [1.54, 1.807) is 4.90 Å². The fourth-order valence-electron chi connectivity index (χ4n) is 4.43. The van der Waals surface area contributed by atoms with Crippen LogP contribution in [-0.4, -0.2) is 47.8 Å². The van der Waals surface area contributed by atoms with Gasteiger partial charge in [-0.15, -0.1) is 0 Å². The standard InChI is InChI=1S/C15H20N2O2/c18-14-12-10-3-4-11(9-10)13(12)15(19)17(14)8-7-16-5-1-2-6-16/h3-4,10-13H,1-2,5-9H2/t10-,11-,12+,13+/m1/s1. The molecule has 0 unspecified atom stereocenters. The van der Waals surface area contributed by atoms with Crippen molar-refractivity contribution < 1.29 is 9.59 Å². The lowest BCUT2D eigenvalue weighted by Gasteiger charge is -2.21. The lowest BCUT2D eigenvalue weighted by molar-refractivity contribution is -0.140. The fourth-order valence-corrected chi connectivity index (χ4v) is 4.43. The number of likely N-dealkylation sites (tertiary alicyclic amines) is 2. The van der Waals surface area contributed by atoms with Crippen LogP contribution in [0.2, 0.25) is 0 Å². The van der Waals surface area contributed by atoms with E-state index in [4.69, 9.17) is 0 Å². The third-order valence-electron chi connectivity index (χ3n) is 5.40. The molecule has 0 spiro atoms. The van der Waals surface area contributed by atoms with E-state index in [2.05, 4.69) is 17.1 Å². The first-order chi connectivity index (χ1) is 9.25. The maximum Gasteiger partial charge on any atom is 0.233 e. The molecule has 0 aromatic rings.